The summed E-state index contributed by atoms with van der Waals surface area (Å²) < 4.78 is 0. The van der Waals surface area contributed by atoms with Gasteiger partial charge in [0.05, 0.1) is 10.8 Å². The number of nitrogens with zero attached hydrogens (tertiary/aromatic N) is 2. The molecule has 0 aromatic heterocycles. The third kappa shape index (κ3) is 4.97. The molecule has 192 valence electrons. The van der Waals surface area contributed by atoms with Crippen molar-refractivity contribution < 1.29 is 9.59 Å². The van der Waals surface area contributed by atoms with Crippen LogP contribution in [0.2, 0.25) is 5.02 Å². The van der Waals surface area contributed by atoms with Crippen molar-refractivity contribution in [2.45, 2.75) is 43.6 Å². The first-order valence-electron chi connectivity index (χ1n) is 13.2. The van der Waals surface area contributed by atoms with Gasteiger partial charge in [-0.25, -0.2) is 0 Å². The van der Waals surface area contributed by atoms with Crippen LogP contribution in [0.25, 0.3) is 0 Å². The third-order valence-electron chi connectivity index (χ3n) is 8.64. The normalized spacial score (nSPS) is 22.8. The Kier molecular flexibility index (Phi) is 7.24. The second-order valence-electron chi connectivity index (χ2n) is 10.8. The van der Waals surface area contributed by atoms with Crippen molar-refractivity contribution in [1.29, 1.82) is 0 Å². The minimum Gasteiger partial charge on any atom is -0.341 e. The molecule has 2 fully saturated rings. The summed E-state index contributed by atoms with van der Waals surface area (Å²) in [5.74, 6) is 0.655. The quantitative estimate of drug-likeness (QED) is 0.377. The van der Waals surface area contributed by atoms with Gasteiger partial charge in [0.1, 0.15) is 5.78 Å². The lowest BCUT2D eigenvalue weighted by Crippen LogP contribution is -2.47. The zero-order valence-electron chi connectivity index (χ0n) is 21.7. The lowest BCUT2D eigenvalue weighted by atomic mass is 9.70. The number of halogens is 1. The van der Waals surface area contributed by atoms with E-state index < -0.39 is 10.8 Å². The molecule has 1 aliphatic carbocycles. The largest absolute Gasteiger partial charge is 0.341 e. The second-order valence-corrected chi connectivity index (χ2v) is 11.3. The molecule has 0 radical (unpaired) electrons. The Balaban J connectivity index is 1.32. The maximum atomic E-state index is 14.0. The zero-order chi connectivity index (χ0) is 26.0. The van der Waals surface area contributed by atoms with Gasteiger partial charge in [0.15, 0.2) is 0 Å². The van der Waals surface area contributed by atoms with Gasteiger partial charge < -0.3 is 9.80 Å². The Morgan fingerprint density at radius 2 is 1.49 bits per heavy atom. The standard InChI is InChI=1S/C32H35ClN2O2/c1-24(36)31(26-11-7-4-8-12-26)17-19-35(20-18-31)23-28-21-32(28,27-13-15-29(33)16-14-27)30(37)34(2)22-25-9-5-3-6-10-25/h3-16,28H,17-23H2,1-2H3/t28-,32+/m0/s1. The van der Waals surface area contributed by atoms with Gasteiger partial charge in [-0.05, 0) is 74.0 Å². The van der Waals surface area contributed by atoms with Crippen LogP contribution >= 0.6 is 11.6 Å². The van der Waals surface area contributed by atoms with Gasteiger partial charge in [0.25, 0.3) is 0 Å². The first kappa shape index (κ1) is 25.7. The number of piperidine rings is 1. The number of Topliss-reactive ketones (excluding diaryl/α,β-unsaturated/α-hetero) is 1. The Morgan fingerprint density at radius 1 is 0.892 bits per heavy atom. The number of amides is 1. The number of carbonyl (C=O) groups is 2. The minimum absolute atomic E-state index is 0.169. The van der Waals surface area contributed by atoms with Gasteiger partial charge in [0.2, 0.25) is 5.91 Å². The molecule has 0 unspecified atom stereocenters. The molecule has 1 aliphatic heterocycles. The molecular weight excluding hydrogens is 480 g/mol. The third-order valence-corrected chi connectivity index (χ3v) is 8.90. The molecule has 2 atom stereocenters. The molecule has 1 amide bonds. The molecule has 0 bridgehead atoms. The molecule has 1 saturated heterocycles. The predicted octanol–water partition coefficient (Wildman–Crippen LogP) is 5.88. The van der Waals surface area contributed by atoms with Gasteiger partial charge in [-0.3, -0.25) is 9.59 Å². The molecule has 3 aromatic rings. The Labute approximate surface area is 225 Å². The molecule has 1 saturated carbocycles. The van der Waals surface area contributed by atoms with Crippen molar-refractivity contribution in [3.63, 3.8) is 0 Å². The van der Waals surface area contributed by atoms with Crippen molar-refractivity contribution >= 4 is 23.3 Å². The number of benzene rings is 3. The number of rotatable bonds is 8. The van der Waals surface area contributed by atoms with Crippen LogP contribution in [0.1, 0.15) is 42.9 Å². The van der Waals surface area contributed by atoms with Crippen molar-refractivity contribution in [2.24, 2.45) is 5.92 Å². The van der Waals surface area contributed by atoms with Gasteiger partial charge in [-0.2, -0.15) is 0 Å². The molecule has 1 heterocycles. The number of carbonyl (C=O) groups excluding carboxylic acids is 2. The van der Waals surface area contributed by atoms with Crippen LogP contribution in [0.3, 0.4) is 0 Å². The predicted molar refractivity (Wildman–Crippen MR) is 149 cm³/mol. The van der Waals surface area contributed by atoms with Crippen LogP contribution in [0, 0.1) is 5.92 Å². The van der Waals surface area contributed by atoms with Crippen LogP contribution in [-0.4, -0.2) is 48.2 Å². The fourth-order valence-electron chi connectivity index (χ4n) is 6.34. The highest BCUT2D eigenvalue weighted by Gasteiger charge is 2.62. The van der Waals surface area contributed by atoms with Gasteiger partial charge in [-0.1, -0.05) is 84.4 Å². The van der Waals surface area contributed by atoms with Crippen molar-refractivity contribution in [3.8, 4) is 0 Å². The summed E-state index contributed by atoms with van der Waals surface area (Å²) >= 11 is 6.20. The first-order valence-corrected chi connectivity index (χ1v) is 13.6. The summed E-state index contributed by atoms with van der Waals surface area (Å²) in [6.45, 7) is 4.89. The van der Waals surface area contributed by atoms with E-state index in [4.69, 9.17) is 11.6 Å². The van der Waals surface area contributed by atoms with E-state index in [9.17, 15) is 9.59 Å². The SMILES string of the molecule is CC(=O)C1(c2ccccc2)CCN(C[C@@H]2C[C@@]2(C(=O)N(C)Cc2ccccc2)c2ccc(Cl)cc2)CC1. The number of ketones is 1. The lowest BCUT2D eigenvalue weighted by molar-refractivity contribution is -0.133. The Morgan fingerprint density at radius 3 is 2.08 bits per heavy atom. The molecular formula is C32H35ClN2O2. The van der Waals surface area contributed by atoms with Gasteiger partial charge >= 0.3 is 0 Å². The van der Waals surface area contributed by atoms with Crippen LogP contribution in [0.4, 0.5) is 0 Å². The van der Waals surface area contributed by atoms with Gasteiger partial charge in [-0.15, -0.1) is 0 Å². The number of hydrogen-bond acceptors (Lipinski definition) is 3. The molecule has 37 heavy (non-hydrogen) atoms. The van der Waals surface area contributed by atoms with Crippen molar-refractivity contribution in [3.05, 3.63) is 107 Å². The zero-order valence-corrected chi connectivity index (χ0v) is 22.5. The monoisotopic (exact) mass is 514 g/mol. The number of hydrogen-bond donors (Lipinski definition) is 0. The molecule has 0 spiro atoms. The molecule has 3 aromatic carbocycles. The summed E-state index contributed by atoms with van der Waals surface area (Å²) in [4.78, 5) is 31.1. The lowest BCUT2D eigenvalue weighted by Gasteiger charge is -2.41. The van der Waals surface area contributed by atoms with Crippen molar-refractivity contribution in [2.75, 3.05) is 26.7 Å². The topological polar surface area (TPSA) is 40.6 Å². The fourth-order valence-corrected chi connectivity index (χ4v) is 6.46. The van der Waals surface area contributed by atoms with E-state index in [0.717, 1.165) is 55.6 Å². The Bertz CT molecular complexity index is 1240. The number of likely N-dealkylation sites (tertiary alicyclic amines) is 1. The summed E-state index contributed by atoms with van der Waals surface area (Å²) in [5, 5.41) is 0.679. The van der Waals surface area contributed by atoms with Gasteiger partial charge in [0, 0.05) is 25.2 Å². The maximum Gasteiger partial charge on any atom is 0.233 e. The van der Waals surface area contributed by atoms with E-state index in [2.05, 4.69) is 29.2 Å². The molecule has 4 nitrogen and oxygen atoms in total. The average molecular weight is 515 g/mol. The van der Waals surface area contributed by atoms with E-state index in [-0.39, 0.29) is 17.6 Å². The summed E-state index contributed by atoms with van der Waals surface area (Å²) in [7, 11) is 1.91. The summed E-state index contributed by atoms with van der Waals surface area (Å²) in [6.07, 6.45) is 2.46. The van der Waals surface area contributed by atoms with Crippen molar-refractivity contribution in [1.82, 2.24) is 9.80 Å². The summed E-state index contributed by atoms with van der Waals surface area (Å²) in [6, 6.07) is 28.2. The van der Waals surface area contributed by atoms with E-state index in [1.54, 1.807) is 6.92 Å². The van der Waals surface area contributed by atoms with E-state index in [1.165, 1.54) is 0 Å². The molecule has 5 heteroatoms. The van der Waals surface area contributed by atoms with E-state index >= 15 is 0 Å². The average Bonchev–Trinajstić information content (AvgIpc) is 3.64. The van der Waals surface area contributed by atoms with E-state index in [0.29, 0.717) is 11.6 Å². The highest BCUT2D eigenvalue weighted by Crippen LogP contribution is 2.56. The van der Waals surface area contributed by atoms with Crippen LogP contribution in [0.15, 0.2) is 84.9 Å². The maximum absolute atomic E-state index is 14.0. The van der Waals surface area contributed by atoms with Crippen LogP contribution < -0.4 is 0 Å². The fraction of sp³-hybridized carbons (Fsp3) is 0.375. The Hall–Kier alpha value is -2.95. The van der Waals surface area contributed by atoms with Crippen LogP contribution in [0.5, 0.6) is 0 Å². The molecule has 2 aliphatic rings. The van der Waals surface area contributed by atoms with Crippen LogP contribution in [-0.2, 0) is 27.0 Å². The van der Waals surface area contributed by atoms with E-state index in [1.807, 2.05) is 72.6 Å². The smallest absolute Gasteiger partial charge is 0.233 e. The summed E-state index contributed by atoms with van der Waals surface area (Å²) in [5.41, 5.74) is 2.37. The second kappa shape index (κ2) is 10.4. The highest BCUT2D eigenvalue weighted by molar-refractivity contribution is 6.30. The highest BCUT2D eigenvalue weighted by atomic mass is 35.5. The number of likely N-dealkylation sites (N-methyl/N-ethyl adjacent to an activating group) is 1. The first-order chi connectivity index (χ1) is 17.8. The minimum atomic E-state index is -0.525. The molecule has 5 rings (SSSR count). The molecule has 0 N–H and O–H groups in total.